The SMILES string of the molecule is Cc1cccnc1NC(=O)CNC(=O)c1ccccc1F. The van der Waals surface area contributed by atoms with Crippen LogP contribution in [0.25, 0.3) is 0 Å². The van der Waals surface area contributed by atoms with Gasteiger partial charge in [0, 0.05) is 6.20 Å². The number of anilines is 1. The quantitative estimate of drug-likeness (QED) is 0.902. The molecule has 1 aromatic heterocycles. The van der Waals surface area contributed by atoms with Crippen LogP contribution in [0.3, 0.4) is 0 Å². The van der Waals surface area contributed by atoms with Gasteiger partial charge in [0.15, 0.2) is 0 Å². The van der Waals surface area contributed by atoms with Crippen molar-refractivity contribution in [1.82, 2.24) is 10.3 Å². The minimum atomic E-state index is -0.638. The van der Waals surface area contributed by atoms with E-state index in [2.05, 4.69) is 15.6 Å². The Labute approximate surface area is 121 Å². The van der Waals surface area contributed by atoms with E-state index in [1.807, 2.05) is 0 Å². The summed E-state index contributed by atoms with van der Waals surface area (Å²) in [5, 5.41) is 4.93. The topological polar surface area (TPSA) is 71.1 Å². The molecule has 0 aliphatic rings. The molecule has 0 spiro atoms. The number of nitrogens with one attached hydrogen (secondary N) is 2. The number of rotatable bonds is 4. The Hall–Kier alpha value is -2.76. The van der Waals surface area contributed by atoms with Crippen LogP contribution in [0.15, 0.2) is 42.6 Å². The van der Waals surface area contributed by atoms with Gasteiger partial charge < -0.3 is 10.6 Å². The molecule has 2 rings (SSSR count). The largest absolute Gasteiger partial charge is 0.343 e. The van der Waals surface area contributed by atoms with Gasteiger partial charge in [-0.05, 0) is 30.7 Å². The molecule has 2 N–H and O–H groups in total. The predicted octanol–water partition coefficient (Wildman–Crippen LogP) is 1.90. The summed E-state index contributed by atoms with van der Waals surface area (Å²) in [5.41, 5.74) is 0.714. The molecule has 0 radical (unpaired) electrons. The normalized spacial score (nSPS) is 10.0. The number of aromatic nitrogens is 1. The average Bonchev–Trinajstić information content (AvgIpc) is 2.48. The molecule has 1 heterocycles. The zero-order valence-corrected chi connectivity index (χ0v) is 11.4. The Morgan fingerprint density at radius 1 is 1.19 bits per heavy atom. The molecular weight excluding hydrogens is 273 g/mol. The molecule has 0 saturated carbocycles. The molecule has 21 heavy (non-hydrogen) atoms. The van der Waals surface area contributed by atoms with E-state index >= 15 is 0 Å². The summed E-state index contributed by atoms with van der Waals surface area (Å²) in [6, 6.07) is 9.14. The van der Waals surface area contributed by atoms with E-state index in [4.69, 9.17) is 0 Å². The van der Waals surface area contributed by atoms with Crippen molar-refractivity contribution in [2.45, 2.75) is 6.92 Å². The Kier molecular flexibility index (Phi) is 4.61. The van der Waals surface area contributed by atoms with Gasteiger partial charge >= 0.3 is 0 Å². The lowest BCUT2D eigenvalue weighted by molar-refractivity contribution is -0.115. The maximum absolute atomic E-state index is 13.4. The molecule has 5 nitrogen and oxygen atoms in total. The van der Waals surface area contributed by atoms with Crippen LogP contribution in [0.2, 0.25) is 0 Å². The number of benzene rings is 1. The van der Waals surface area contributed by atoms with Gasteiger partial charge in [-0.3, -0.25) is 9.59 Å². The molecule has 1 aromatic carbocycles. The molecule has 0 bridgehead atoms. The third-order valence-electron chi connectivity index (χ3n) is 2.80. The second kappa shape index (κ2) is 6.60. The molecule has 2 aromatic rings. The Bertz CT molecular complexity index is 673. The Balaban J connectivity index is 1.91. The summed E-state index contributed by atoms with van der Waals surface area (Å²) >= 11 is 0. The van der Waals surface area contributed by atoms with Gasteiger partial charge in [0.25, 0.3) is 5.91 Å². The lowest BCUT2D eigenvalue weighted by Crippen LogP contribution is -2.33. The summed E-state index contributed by atoms with van der Waals surface area (Å²) in [4.78, 5) is 27.5. The van der Waals surface area contributed by atoms with Crippen molar-refractivity contribution in [3.63, 3.8) is 0 Å². The highest BCUT2D eigenvalue weighted by Gasteiger charge is 2.12. The standard InChI is InChI=1S/C15H14FN3O2/c1-10-5-4-8-17-14(10)19-13(20)9-18-15(21)11-6-2-3-7-12(11)16/h2-8H,9H2,1H3,(H,18,21)(H,17,19,20). The first-order valence-electron chi connectivity index (χ1n) is 6.32. The van der Waals surface area contributed by atoms with Crippen LogP contribution in [0.5, 0.6) is 0 Å². The number of nitrogens with zero attached hydrogens (tertiary/aromatic N) is 1. The van der Waals surface area contributed by atoms with E-state index in [0.717, 1.165) is 5.56 Å². The summed E-state index contributed by atoms with van der Waals surface area (Å²) in [5.74, 6) is -1.26. The third-order valence-corrected chi connectivity index (χ3v) is 2.80. The fourth-order valence-corrected chi connectivity index (χ4v) is 1.69. The highest BCUT2D eigenvalue weighted by molar-refractivity contribution is 5.99. The smallest absolute Gasteiger partial charge is 0.254 e. The molecule has 0 fully saturated rings. The van der Waals surface area contributed by atoms with Gasteiger partial charge in [0.05, 0.1) is 12.1 Å². The fourth-order valence-electron chi connectivity index (χ4n) is 1.69. The molecular formula is C15H14FN3O2. The number of hydrogen-bond acceptors (Lipinski definition) is 3. The Morgan fingerprint density at radius 2 is 1.95 bits per heavy atom. The van der Waals surface area contributed by atoms with Crippen molar-refractivity contribution in [3.05, 3.63) is 59.5 Å². The van der Waals surface area contributed by atoms with E-state index in [1.54, 1.807) is 31.3 Å². The second-order valence-corrected chi connectivity index (χ2v) is 4.38. The Morgan fingerprint density at radius 3 is 2.67 bits per heavy atom. The maximum Gasteiger partial charge on any atom is 0.254 e. The number of pyridine rings is 1. The van der Waals surface area contributed by atoms with E-state index in [1.165, 1.54) is 18.2 Å². The zero-order chi connectivity index (χ0) is 15.2. The first-order valence-corrected chi connectivity index (χ1v) is 6.32. The van der Waals surface area contributed by atoms with E-state index in [0.29, 0.717) is 5.82 Å². The number of aryl methyl sites for hydroxylation is 1. The van der Waals surface area contributed by atoms with Crippen molar-refractivity contribution < 1.29 is 14.0 Å². The molecule has 0 unspecified atom stereocenters. The average molecular weight is 287 g/mol. The summed E-state index contributed by atoms with van der Waals surface area (Å²) in [6.07, 6.45) is 1.56. The maximum atomic E-state index is 13.4. The van der Waals surface area contributed by atoms with Gasteiger partial charge in [-0.25, -0.2) is 9.37 Å². The fraction of sp³-hybridized carbons (Fsp3) is 0.133. The summed E-state index contributed by atoms with van der Waals surface area (Å²) in [7, 11) is 0. The lowest BCUT2D eigenvalue weighted by Gasteiger charge is -2.08. The highest BCUT2D eigenvalue weighted by atomic mass is 19.1. The number of carbonyl (C=O) groups is 2. The third kappa shape index (κ3) is 3.85. The molecule has 2 amide bonds. The van der Waals surface area contributed by atoms with Gasteiger partial charge in [-0.2, -0.15) is 0 Å². The minimum Gasteiger partial charge on any atom is -0.343 e. The van der Waals surface area contributed by atoms with Crippen molar-refractivity contribution in [3.8, 4) is 0 Å². The monoisotopic (exact) mass is 287 g/mol. The summed E-state index contributed by atoms with van der Waals surface area (Å²) < 4.78 is 13.4. The van der Waals surface area contributed by atoms with Crippen molar-refractivity contribution in [1.29, 1.82) is 0 Å². The molecule has 6 heteroatoms. The van der Waals surface area contributed by atoms with E-state index in [-0.39, 0.29) is 12.1 Å². The van der Waals surface area contributed by atoms with E-state index in [9.17, 15) is 14.0 Å². The molecule has 108 valence electrons. The first kappa shape index (κ1) is 14.6. The van der Waals surface area contributed by atoms with Gasteiger partial charge in [0.2, 0.25) is 5.91 Å². The summed E-state index contributed by atoms with van der Waals surface area (Å²) in [6.45, 7) is 1.55. The van der Waals surface area contributed by atoms with Crippen molar-refractivity contribution in [2.24, 2.45) is 0 Å². The van der Waals surface area contributed by atoms with Gasteiger partial charge in [0.1, 0.15) is 11.6 Å². The van der Waals surface area contributed by atoms with Crippen LogP contribution < -0.4 is 10.6 Å². The van der Waals surface area contributed by atoms with Crippen LogP contribution >= 0.6 is 0 Å². The van der Waals surface area contributed by atoms with Gasteiger partial charge in [-0.15, -0.1) is 0 Å². The van der Waals surface area contributed by atoms with Crippen molar-refractivity contribution in [2.75, 3.05) is 11.9 Å². The molecule has 0 aliphatic heterocycles. The van der Waals surface area contributed by atoms with Crippen LogP contribution in [-0.4, -0.2) is 23.3 Å². The first-order chi connectivity index (χ1) is 10.1. The van der Waals surface area contributed by atoms with E-state index < -0.39 is 17.6 Å². The predicted molar refractivity (Wildman–Crippen MR) is 76.3 cm³/mol. The number of amides is 2. The molecule has 0 atom stereocenters. The van der Waals surface area contributed by atoms with Crippen LogP contribution in [0, 0.1) is 12.7 Å². The molecule has 0 aliphatic carbocycles. The second-order valence-electron chi connectivity index (χ2n) is 4.38. The van der Waals surface area contributed by atoms with Crippen molar-refractivity contribution >= 4 is 17.6 Å². The van der Waals surface area contributed by atoms with Crippen LogP contribution in [-0.2, 0) is 4.79 Å². The molecule has 0 saturated heterocycles. The van der Waals surface area contributed by atoms with Gasteiger partial charge in [-0.1, -0.05) is 18.2 Å². The highest BCUT2D eigenvalue weighted by Crippen LogP contribution is 2.09. The van der Waals surface area contributed by atoms with Crippen LogP contribution in [0.1, 0.15) is 15.9 Å². The minimum absolute atomic E-state index is 0.0979. The van der Waals surface area contributed by atoms with Crippen LogP contribution in [0.4, 0.5) is 10.2 Å². The number of hydrogen-bond donors (Lipinski definition) is 2. The number of carbonyl (C=O) groups excluding carboxylic acids is 2. The zero-order valence-electron chi connectivity index (χ0n) is 11.4. The lowest BCUT2D eigenvalue weighted by atomic mass is 10.2. The number of halogens is 1.